The summed E-state index contributed by atoms with van der Waals surface area (Å²) in [4.78, 5) is 0. The van der Waals surface area contributed by atoms with Crippen molar-refractivity contribution >= 4 is 0 Å². The van der Waals surface area contributed by atoms with E-state index in [1.54, 1.807) is 5.56 Å². The lowest BCUT2D eigenvalue weighted by atomic mass is 9.77. The van der Waals surface area contributed by atoms with Crippen molar-refractivity contribution < 1.29 is 0 Å². The van der Waals surface area contributed by atoms with Gasteiger partial charge in [0, 0.05) is 0 Å². The third-order valence-corrected chi connectivity index (χ3v) is 7.55. The minimum Gasteiger partial charge on any atom is -0.0654 e. The predicted molar refractivity (Wildman–Crippen MR) is 138 cm³/mol. The van der Waals surface area contributed by atoms with Gasteiger partial charge in [-0.3, -0.25) is 0 Å². The van der Waals surface area contributed by atoms with Gasteiger partial charge < -0.3 is 0 Å². The van der Waals surface area contributed by atoms with Gasteiger partial charge in [-0.15, -0.1) is 0 Å². The van der Waals surface area contributed by atoms with Crippen LogP contribution < -0.4 is 0 Å². The monoisotopic (exact) mass is 418 g/mol. The molecule has 2 aromatic rings. The van der Waals surface area contributed by atoms with Crippen LogP contribution in [0.3, 0.4) is 0 Å². The Bertz CT molecular complexity index is 701. The van der Waals surface area contributed by atoms with Gasteiger partial charge in [0.15, 0.2) is 0 Å². The second kappa shape index (κ2) is 13.8. The summed E-state index contributed by atoms with van der Waals surface area (Å²) in [5.74, 6) is 1.79. The molecule has 0 aromatic heterocycles. The Hall–Kier alpha value is -1.56. The predicted octanol–water partition coefficient (Wildman–Crippen LogP) is 10.1. The lowest BCUT2D eigenvalue weighted by Crippen LogP contribution is -2.13. The Morgan fingerprint density at radius 2 is 1.13 bits per heavy atom. The van der Waals surface area contributed by atoms with Crippen LogP contribution in [-0.4, -0.2) is 0 Å². The van der Waals surface area contributed by atoms with Crippen LogP contribution in [0, 0.1) is 5.92 Å². The Morgan fingerprint density at radius 1 is 0.581 bits per heavy atom. The van der Waals surface area contributed by atoms with Crippen LogP contribution in [0.2, 0.25) is 0 Å². The SMILES string of the molecule is CCCCCCCc1ccc(-c2ccc(C3CCC(CCCCCC)CC3)cc2)cc1. The van der Waals surface area contributed by atoms with E-state index in [1.165, 1.54) is 113 Å². The van der Waals surface area contributed by atoms with Crippen LogP contribution in [0.15, 0.2) is 48.5 Å². The molecule has 0 heterocycles. The highest BCUT2D eigenvalue weighted by Gasteiger charge is 2.22. The van der Waals surface area contributed by atoms with E-state index < -0.39 is 0 Å². The molecule has 3 rings (SSSR count). The smallest absolute Gasteiger partial charge is 0.0162 e. The molecule has 31 heavy (non-hydrogen) atoms. The molecular formula is C31H46. The molecule has 1 saturated carbocycles. The molecule has 2 aromatic carbocycles. The fraction of sp³-hybridized carbons (Fsp3) is 0.613. The van der Waals surface area contributed by atoms with Gasteiger partial charge in [-0.05, 0) is 72.6 Å². The zero-order chi connectivity index (χ0) is 21.7. The van der Waals surface area contributed by atoms with E-state index in [1.807, 2.05) is 0 Å². The van der Waals surface area contributed by atoms with Crippen molar-refractivity contribution in [2.24, 2.45) is 5.92 Å². The number of benzene rings is 2. The lowest BCUT2D eigenvalue weighted by Gasteiger charge is -2.29. The van der Waals surface area contributed by atoms with Gasteiger partial charge in [0.25, 0.3) is 0 Å². The van der Waals surface area contributed by atoms with Gasteiger partial charge in [-0.1, -0.05) is 120 Å². The molecule has 0 saturated heterocycles. The van der Waals surface area contributed by atoms with Crippen molar-refractivity contribution in [1.82, 2.24) is 0 Å². The van der Waals surface area contributed by atoms with Crippen molar-refractivity contribution in [2.45, 2.75) is 116 Å². The number of hydrogen-bond acceptors (Lipinski definition) is 0. The molecule has 0 heteroatoms. The average molecular weight is 419 g/mol. The zero-order valence-corrected chi connectivity index (χ0v) is 20.4. The number of rotatable bonds is 13. The molecule has 1 aliphatic carbocycles. The normalized spacial score (nSPS) is 18.9. The number of unbranched alkanes of at least 4 members (excludes halogenated alkanes) is 7. The van der Waals surface area contributed by atoms with Crippen LogP contribution in [0.1, 0.15) is 121 Å². The summed E-state index contributed by atoms with van der Waals surface area (Å²) < 4.78 is 0. The van der Waals surface area contributed by atoms with Crippen molar-refractivity contribution in [3.05, 3.63) is 59.7 Å². The summed E-state index contributed by atoms with van der Waals surface area (Å²) in [6.07, 6.45) is 20.8. The van der Waals surface area contributed by atoms with Crippen LogP contribution in [-0.2, 0) is 6.42 Å². The largest absolute Gasteiger partial charge is 0.0654 e. The van der Waals surface area contributed by atoms with Gasteiger partial charge in [0.05, 0.1) is 0 Å². The van der Waals surface area contributed by atoms with Crippen molar-refractivity contribution in [1.29, 1.82) is 0 Å². The van der Waals surface area contributed by atoms with Crippen LogP contribution in [0.5, 0.6) is 0 Å². The average Bonchev–Trinajstić information content (AvgIpc) is 2.83. The molecule has 0 amide bonds. The molecule has 0 aliphatic heterocycles. The molecular weight excluding hydrogens is 372 g/mol. The maximum Gasteiger partial charge on any atom is -0.0162 e. The lowest BCUT2D eigenvalue weighted by molar-refractivity contribution is 0.302. The van der Waals surface area contributed by atoms with Crippen LogP contribution in [0.25, 0.3) is 11.1 Å². The standard InChI is InChI=1S/C31H46/c1-3-5-7-9-11-13-27-16-20-29(21-17-27)31-24-22-30(23-25-31)28-18-14-26(15-19-28)12-10-8-6-4-2/h16-17,20-26,28H,3-15,18-19H2,1-2H3. The number of aryl methyl sites for hydroxylation is 1. The van der Waals surface area contributed by atoms with Crippen molar-refractivity contribution in [3.8, 4) is 11.1 Å². The molecule has 170 valence electrons. The summed E-state index contributed by atoms with van der Waals surface area (Å²) in [6, 6.07) is 18.8. The van der Waals surface area contributed by atoms with E-state index in [2.05, 4.69) is 62.4 Å². The molecule has 0 radical (unpaired) electrons. The Labute approximate surface area is 192 Å². The highest BCUT2D eigenvalue weighted by molar-refractivity contribution is 5.64. The first kappa shape index (κ1) is 24.1. The van der Waals surface area contributed by atoms with Gasteiger partial charge in [-0.2, -0.15) is 0 Å². The van der Waals surface area contributed by atoms with Gasteiger partial charge in [0.2, 0.25) is 0 Å². The number of hydrogen-bond donors (Lipinski definition) is 0. The first-order valence-corrected chi connectivity index (χ1v) is 13.5. The first-order chi connectivity index (χ1) is 15.3. The Balaban J connectivity index is 1.44. The second-order valence-corrected chi connectivity index (χ2v) is 10.1. The Morgan fingerprint density at radius 3 is 1.74 bits per heavy atom. The molecule has 0 spiro atoms. The van der Waals surface area contributed by atoms with Gasteiger partial charge >= 0.3 is 0 Å². The third kappa shape index (κ3) is 8.13. The molecule has 0 bridgehead atoms. The minimum absolute atomic E-state index is 0.788. The first-order valence-electron chi connectivity index (χ1n) is 13.5. The van der Waals surface area contributed by atoms with E-state index in [9.17, 15) is 0 Å². The summed E-state index contributed by atoms with van der Waals surface area (Å²) in [6.45, 7) is 4.59. The van der Waals surface area contributed by atoms with E-state index in [0.29, 0.717) is 0 Å². The van der Waals surface area contributed by atoms with E-state index in [4.69, 9.17) is 0 Å². The van der Waals surface area contributed by atoms with Crippen molar-refractivity contribution in [2.75, 3.05) is 0 Å². The fourth-order valence-electron chi connectivity index (χ4n) is 5.39. The van der Waals surface area contributed by atoms with E-state index in [0.717, 1.165) is 11.8 Å². The maximum absolute atomic E-state index is 2.41. The highest BCUT2D eigenvalue weighted by atomic mass is 14.3. The molecule has 0 unspecified atom stereocenters. The van der Waals surface area contributed by atoms with E-state index in [-0.39, 0.29) is 0 Å². The molecule has 0 N–H and O–H groups in total. The highest BCUT2D eigenvalue weighted by Crippen LogP contribution is 2.38. The van der Waals surface area contributed by atoms with Gasteiger partial charge in [-0.25, -0.2) is 0 Å². The van der Waals surface area contributed by atoms with E-state index >= 15 is 0 Å². The van der Waals surface area contributed by atoms with Crippen LogP contribution >= 0.6 is 0 Å². The molecule has 1 fully saturated rings. The quantitative estimate of drug-likeness (QED) is 0.284. The fourth-order valence-corrected chi connectivity index (χ4v) is 5.39. The summed E-state index contributed by atoms with van der Waals surface area (Å²) in [7, 11) is 0. The zero-order valence-electron chi connectivity index (χ0n) is 20.4. The topological polar surface area (TPSA) is 0 Å². The third-order valence-electron chi connectivity index (χ3n) is 7.55. The summed E-state index contributed by atoms with van der Waals surface area (Å²) in [5, 5.41) is 0. The van der Waals surface area contributed by atoms with Crippen molar-refractivity contribution in [3.63, 3.8) is 0 Å². The summed E-state index contributed by atoms with van der Waals surface area (Å²) >= 11 is 0. The summed E-state index contributed by atoms with van der Waals surface area (Å²) in [5.41, 5.74) is 5.78. The minimum atomic E-state index is 0.788. The Kier molecular flexibility index (Phi) is 10.7. The second-order valence-electron chi connectivity index (χ2n) is 10.1. The molecule has 0 nitrogen and oxygen atoms in total. The van der Waals surface area contributed by atoms with Gasteiger partial charge in [0.1, 0.15) is 0 Å². The molecule has 0 atom stereocenters. The molecule has 1 aliphatic rings. The van der Waals surface area contributed by atoms with Crippen LogP contribution in [0.4, 0.5) is 0 Å². The maximum atomic E-state index is 2.41.